The summed E-state index contributed by atoms with van der Waals surface area (Å²) >= 11 is 9.90. The maximum Gasteiger partial charge on any atom is 0.333 e. The molecule has 33 heavy (non-hydrogen) atoms. The summed E-state index contributed by atoms with van der Waals surface area (Å²) < 4.78 is 16.3. The molecule has 2 aromatic carbocycles. The normalized spacial score (nSPS) is 11.5. The van der Waals surface area contributed by atoms with Gasteiger partial charge in [0.25, 0.3) is 5.56 Å². The summed E-state index contributed by atoms with van der Waals surface area (Å²) in [6.07, 6.45) is 0. The lowest BCUT2D eigenvalue weighted by Crippen LogP contribution is -2.39. The molecule has 1 aromatic heterocycles. The monoisotopic (exact) mass is 554 g/mol. The van der Waals surface area contributed by atoms with Gasteiger partial charge in [0, 0.05) is 23.6 Å². The number of aromatic nitrogens is 2. The predicted octanol–water partition coefficient (Wildman–Crippen LogP) is 3.79. The number of nitrogens with zero attached hydrogens (tertiary/aromatic N) is 3. The highest BCUT2D eigenvalue weighted by atomic mass is 79.9. The minimum atomic E-state index is -0.782. The van der Waals surface area contributed by atoms with E-state index in [9.17, 15) is 23.9 Å². The molecular formula is C21H17BrClFN4O4S. The number of hydrogen-bond donors (Lipinski definition) is 2. The molecule has 8 nitrogen and oxygen atoms in total. The van der Waals surface area contributed by atoms with Gasteiger partial charge < -0.3 is 10.4 Å². The van der Waals surface area contributed by atoms with Crippen molar-refractivity contribution in [1.82, 2.24) is 9.13 Å². The molecule has 3 rings (SSSR count). The highest BCUT2D eigenvalue weighted by Crippen LogP contribution is 2.25. The van der Waals surface area contributed by atoms with Crippen LogP contribution in [0.4, 0.5) is 15.8 Å². The van der Waals surface area contributed by atoms with Crippen LogP contribution in [0.15, 0.2) is 61.5 Å². The van der Waals surface area contributed by atoms with Crippen molar-refractivity contribution in [2.24, 2.45) is 19.1 Å². The molecule has 0 bridgehead atoms. The summed E-state index contributed by atoms with van der Waals surface area (Å²) in [6.45, 7) is 0. The van der Waals surface area contributed by atoms with Crippen LogP contribution in [-0.4, -0.2) is 30.9 Å². The number of nitrogens with one attached hydrogen (secondary N) is 1. The van der Waals surface area contributed by atoms with E-state index >= 15 is 0 Å². The van der Waals surface area contributed by atoms with Crippen LogP contribution in [-0.2, 0) is 18.9 Å². The smallest absolute Gasteiger partial charge is 0.333 e. The maximum atomic E-state index is 14.0. The lowest BCUT2D eigenvalue weighted by molar-refractivity contribution is -0.113. The van der Waals surface area contributed by atoms with E-state index in [0.717, 1.165) is 20.9 Å². The minimum absolute atomic E-state index is 0.00236. The average Bonchev–Trinajstić information content (AvgIpc) is 2.78. The Kier molecular flexibility index (Phi) is 7.77. The number of halogens is 3. The Morgan fingerprint density at radius 2 is 1.85 bits per heavy atom. The van der Waals surface area contributed by atoms with E-state index in [4.69, 9.17) is 11.6 Å². The summed E-state index contributed by atoms with van der Waals surface area (Å²) in [4.78, 5) is 41.7. The Morgan fingerprint density at radius 1 is 1.18 bits per heavy atom. The predicted molar refractivity (Wildman–Crippen MR) is 131 cm³/mol. The van der Waals surface area contributed by atoms with Crippen LogP contribution in [0.5, 0.6) is 5.88 Å². The van der Waals surface area contributed by atoms with Crippen LogP contribution in [0.1, 0.15) is 5.56 Å². The number of hydrogen-bond acceptors (Lipinski definition) is 6. The minimum Gasteiger partial charge on any atom is -0.494 e. The second-order valence-corrected chi connectivity index (χ2v) is 9.07. The number of carbonyl (C=O) groups is 1. The van der Waals surface area contributed by atoms with Gasteiger partial charge in [-0.2, -0.15) is 0 Å². The molecule has 0 saturated heterocycles. The van der Waals surface area contributed by atoms with Crippen molar-refractivity contribution in [3.8, 4) is 5.88 Å². The van der Waals surface area contributed by atoms with Gasteiger partial charge in [-0.05, 0) is 42.5 Å². The van der Waals surface area contributed by atoms with Crippen LogP contribution >= 0.6 is 39.3 Å². The van der Waals surface area contributed by atoms with Gasteiger partial charge in [-0.25, -0.2) is 14.2 Å². The summed E-state index contributed by atoms with van der Waals surface area (Å²) in [5.41, 5.74) is -1.37. The standard InChI is InChI=1S/C21H17BrClFN4O4S/c1-27-19(30)17(20(31)28(2)21(27)32)18(25-13-6-4-12(23)5-7-13)33-10-16(29)26-15-8-3-11(22)9-14(15)24/h3-9,30H,10H2,1-2H3,(H,26,29). The van der Waals surface area contributed by atoms with Gasteiger partial charge in [-0.1, -0.05) is 39.3 Å². The Balaban J connectivity index is 1.97. The van der Waals surface area contributed by atoms with E-state index < -0.39 is 28.9 Å². The first-order chi connectivity index (χ1) is 15.6. The number of amides is 1. The van der Waals surface area contributed by atoms with Crippen molar-refractivity contribution in [2.45, 2.75) is 0 Å². The highest BCUT2D eigenvalue weighted by Gasteiger charge is 2.22. The number of rotatable bonds is 5. The molecule has 0 fully saturated rings. The van der Waals surface area contributed by atoms with Crippen LogP contribution in [0.3, 0.4) is 0 Å². The van der Waals surface area contributed by atoms with Crippen molar-refractivity contribution in [3.63, 3.8) is 0 Å². The molecule has 2 N–H and O–H groups in total. The van der Waals surface area contributed by atoms with Gasteiger partial charge in [0.1, 0.15) is 16.4 Å². The molecule has 0 aliphatic heterocycles. The van der Waals surface area contributed by atoms with Crippen molar-refractivity contribution in [3.05, 3.63) is 84.2 Å². The molecule has 172 valence electrons. The van der Waals surface area contributed by atoms with E-state index in [0.29, 0.717) is 15.2 Å². The van der Waals surface area contributed by atoms with Crippen LogP contribution in [0.2, 0.25) is 5.02 Å². The van der Waals surface area contributed by atoms with Gasteiger partial charge in [0.15, 0.2) is 0 Å². The number of anilines is 1. The third-order valence-electron chi connectivity index (χ3n) is 4.45. The number of aromatic hydroxyl groups is 1. The fraction of sp³-hybridized carbons (Fsp3) is 0.143. The first-order valence-corrected chi connectivity index (χ1v) is 11.5. The Morgan fingerprint density at radius 3 is 2.48 bits per heavy atom. The third-order valence-corrected chi connectivity index (χ3v) is 6.17. The zero-order chi connectivity index (χ0) is 24.3. The second kappa shape index (κ2) is 10.4. The molecule has 0 spiro atoms. The summed E-state index contributed by atoms with van der Waals surface area (Å²) in [5, 5.41) is 13.4. The second-order valence-electron chi connectivity index (χ2n) is 6.76. The maximum absolute atomic E-state index is 14.0. The molecule has 12 heteroatoms. The molecule has 0 unspecified atom stereocenters. The molecule has 3 aromatic rings. The van der Waals surface area contributed by atoms with Gasteiger partial charge in [-0.3, -0.25) is 18.7 Å². The molecule has 0 saturated carbocycles. The average molecular weight is 556 g/mol. The fourth-order valence-electron chi connectivity index (χ4n) is 2.72. The van der Waals surface area contributed by atoms with E-state index in [-0.39, 0.29) is 22.0 Å². The zero-order valence-corrected chi connectivity index (χ0v) is 20.5. The quantitative estimate of drug-likeness (QED) is 0.368. The van der Waals surface area contributed by atoms with E-state index in [1.165, 1.54) is 26.2 Å². The summed E-state index contributed by atoms with van der Waals surface area (Å²) in [7, 11) is 2.56. The SMILES string of the molecule is Cn1c(O)c(C(=Nc2ccc(Cl)cc2)SCC(=O)Nc2ccc(Br)cc2F)c(=O)n(C)c1=O. The van der Waals surface area contributed by atoms with Crippen molar-refractivity contribution < 1.29 is 14.3 Å². The number of thioether (sulfide) groups is 1. The molecule has 0 aliphatic carbocycles. The lowest BCUT2D eigenvalue weighted by atomic mass is 10.3. The van der Waals surface area contributed by atoms with Crippen LogP contribution in [0, 0.1) is 5.82 Å². The first-order valence-electron chi connectivity index (χ1n) is 9.29. The molecule has 0 radical (unpaired) electrons. The Labute approximate surface area is 204 Å². The number of carbonyl (C=O) groups excluding carboxylic acids is 1. The largest absolute Gasteiger partial charge is 0.494 e. The van der Waals surface area contributed by atoms with E-state index in [1.807, 2.05) is 0 Å². The Bertz CT molecular complexity index is 1370. The summed E-state index contributed by atoms with van der Waals surface area (Å²) in [6, 6.07) is 10.5. The van der Waals surface area contributed by atoms with E-state index in [1.54, 1.807) is 30.3 Å². The third kappa shape index (κ3) is 5.73. The topological polar surface area (TPSA) is 106 Å². The first kappa shape index (κ1) is 24.7. The van der Waals surface area contributed by atoms with Crippen LogP contribution in [0.25, 0.3) is 0 Å². The lowest BCUT2D eigenvalue weighted by Gasteiger charge is -2.13. The van der Waals surface area contributed by atoms with Gasteiger partial charge in [-0.15, -0.1) is 0 Å². The highest BCUT2D eigenvalue weighted by molar-refractivity contribution is 9.10. The zero-order valence-electron chi connectivity index (χ0n) is 17.3. The molecular weight excluding hydrogens is 539 g/mol. The number of aliphatic imine (C=N–C) groups is 1. The van der Waals surface area contributed by atoms with Gasteiger partial charge in [0.05, 0.1) is 17.1 Å². The van der Waals surface area contributed by atoms with Crippen molar-refractivity contribution in [1.29, 1.82) is 0 Å². The number of benzene rings is 2. The molecule has 1 heterocycles. The Hall–Kier alpha value is -2.89. The van der Waals surface area contributed by atoms with Gasteiger partial charge >= 0.3 is 5.69 Å². The van der Waals surface area contributed by atoms with Gasteiger partial charge in [0.2, 0.25) is 11.8 Å². The van der Waals surface area contributed by atoms with Crippen molar-refractivity contribution in [2.75, 3.05) is 11.1 Å². The molecule has 0 aliphatic rings. The molecule has 0 atom stereocenters. The van der Waals surface area contributed by atoms with Crippen LogP contribution < -0.4 is 16.6 Å². The summed E-state index contributed by atoms with van der Waals surface area (Å²) in [5.74, 6) is -2.04. The molecule has 1 amide bonds. The fourth-order valence-corrected chi connectivity index (χ4v) is 4.02. The van der Waals surface area contributed by atoms with Crippen molar-refractivity contribution >= 4 is 61.6 Å². The van der Waals surface area contributed by atoms with E-state index in [2.05, 4.69) is 26.2 Å².